The molecule has 4 nitrogen and oxygen atoms in total. The van der Waals surface area contributed by atoms with Gasteiger partial charge >= 0.3 is 5.97 Å². The van der Waals surface area contributed by atoms with Crippen molar-refractivity contribution in [3.05, 3.63) is 46.3 Å². The largest absolute Gasteiger partial charge is 0.478 e. The molecule has 5 heteroatoms. The number of carbonyl (C=O) groups is 1. The number of carboxylic acids is 1. The van der Waals surface area contributed by atoms with E-state index in [0.29, 0.717) is 5.82 Å². The molecule has 0 amide bonds. The van der Waals surface area contributed by atoms with Crippen LogP contribution in [0, 0.1) is 0 Å². The fourth-order valence-electron chi connectivity index (χ4n) is 1.68. The van der Waals surface area contributed by atoms with Gasteiger partial charge in [0.25, 0.3) is 0 Å². The zero-order valence-electron chi connectivity index (χ0n) is 9.96. The van der Waals surface area contributed by atoms with Crippen LogP contribution < -0.4 is 5.32 Å². The molecule has 0 saturated carbocycles. The second kappa shape index (κ2) is 5.64. The van der Waals surface area contributed by atoms with Crippen LogP contribution in [-0.2, 0) is 6.42 Å². The molecule has 0 aliphatic rings. The predicted molar refractivity (Wildman–Crippen MR) is 72.3 cm³/mol. The molecule has 0 saturated heterocycles. The van der Waals surface area contributed by atoms with Crippen LogP contribution in [0.25, 0.3) is 0 Å². The fraction of sp³-hybridized carbons (Fsp3) is 0.231. The third kappa shape index (κ3) is 3.30. The molecule has 2 aromatic heterocycles. The van der Waals surface area contributed by atoms with Gasteiger partial charge in [0.05, 0.1) is 5.56 Å². The van der Waals surface area contributed by atoms with Crippen molar-refractivity contribution in [1.29, 1.82) is 0 Å². The molecule has 18 heavy (non-hydrogen) atoms. The van der Waals surface area contributed by atoms with E-state index in [1.54, 1.807) is 17.4 Å². The van der Waals surface area contributed by atoms with Gasteiger partial charge in [-0.3, -0.25) is 0 Å². The van der Waals surface area contributed by atoms with E-state index in [2.05, 4.69) is 23.3 Å². The number of hydrogen-bond donors (Lipinski definition) is 2. The van der Waals surface area contributed by atoms with Gasteiger partial charge in [0.2, 0.25) is 0 Å². The lowest BCUT2D eigenvalue weighted by Crippen LogP contribution is -2.18. The van der Waals surface area contributed by atoms with Crippen LogP contribution in [0.5, 0.6) is 0 Å². The summed E-state index contributed by atoms with van der Waals surface area (Å²) in [6.07, 6.45) is 2.40. The molecular formula is C13H14N2O2S. The van der Waals surface area contributed by atoms with E-state index in [4.69, 9.17) is 5.11 Å². The zero-order valence-corrected chi connectivity index (χ0v) is 10.8. The molecule has 0 aliphatic carbocycles. The van der Waals surface area contributed by atoms with Gasteiger partial charge in [0.1, 0.15) is 5.82 Å². The average molecular weight is 262 g/mol. The molecule has 0 fully saturated rings. The van der Waals surface area contributed by atoms with Crippen LogP contribution >= 0.6 is 11.3 Å². The highest BCUT2D eigenvalue weighted by Gasteiger charge is 2.08. The van der Waals surface area contributed by atoms with E-state index < -0.39 is 5.97 Å². The van der Waals surface area contributed by atoms with Crippen molar-refractivity contribution in [3.8, 4) is 0 Å². The highest BCUT2D eigenvalue weighted by atomic mass is 32.1. The molecule has 0 aromatic carbocycles. The zero-order chi connectivity index (χ0) is 13.0. The third-order valence-electron chi connectivity index (χ3n) is 2.49. The molecule has 1 unspecified atom stereocenters. The first-order valence-corrected chi connectivity index (χ1v) is 6.51. The standard InChI is InChI=1S/C13H14N2O2S/c1-9(7-11-3-2-6-18-11)15-12-8-10(13(16)17)4-5-14-12/h2-6,8-9H,7H2,1H3,(H,14,15)(H,16,17). The smallest absolute Gasteiger partial charge is 0.335 e. The third-order valence-corrected chi connectivity index (χ3v) is 3.39. The summed E-state index contributed by atoms with van der Waals surface area (Å²) in [4.78, 5) is 16.3. The number of thiophene rings is 1. The summed E-state index contributed by atoms with van der Waals surface area (Å²) < 4.78 is 0. The Morgan fingerprint density at radius 2 is 2.39 bits per heavy atom. The van der Waals surface area contributed by atoms with Crippen molar-refractivity contribution in [2.45, 2.75) is 19.4 Å². The lowest BCUT2D eigenvalue weighted by atomic mass is 10.2. The molecule has 0 radical (unpaired) electrons. The molecule has 0 aliphatic heterocycles. The van der Waals surface area contributed by atoms with Gasteiger partial charge < -0.3 is 10.4 Å². The summed E-state index contributed by atoms with van der Waals surface area (Å²) in [5.41, 5.74) is 0.246. The minimum Gasteiger partial charge on any atom is -0.478 e. The molecule has 2 aromatic rings. The van der Waals surface area contributed by atoms with Crippen molar-refractivity contribution < 1.29 is 9.90 Å². The summed E-state index contributed by atoms with van der Waals surface area (Å²) in [5.74, 6) is -0.342. The monoisotopic (exact) mass is 262 g/mol. The number of hydrogen-bond acceptors (Lipinski definition) is 4. The molecule has 2 rings (SSSR count). The van der Waals surface area contributed by atoms with Crippen LogP contribution in [0.3, 0.4) is 0 Å². The normalized spacial score (nSPS) is 12.1. The van der Waals surface area contributed by atoms with E-state index >= 15 is 0 Å². The maximum absolute atomic E-state index is 10.8. The second-order valence-electron chi connectivity index (χ2n) is 4.06. The molecule has 2 N–H and O–H groups in total. The van der Waals surface area contributed by atoms with Crippen molar-refractivity contribution in [1.82, 2.24) is 4.98 Å². The maximum Gasteiger partial charge on any atom is 0.335 e. The van der Waals surface area contributed by atoms with E-state index in [9.17, 15) is 4.79 Å². The molecule has 94 valence electrons. The molecule has 0 bridgehead atoms. The van der Waals surface area contributed by atoms with Gasteiger partial charge in [-0.2, -0.15) is 0 Å². The minimum atomic E-state index is -0.939. The van der Waals surface area contributed by atoms with Gasteiger partial charge in [-0.05, 0) is 30.5 Å². The van der Waals surface area contributed by atoms with E-state index in [1.807, 2.05) is 11.4 Å². The summed E-state index contributed by atoms with van der Waals surface area (Å²) in [6, 6.07) is 7.35. The Morgan fingerprint density at radius 1 is 1.56 bits per heavy atom. The van der Waals surface area contributed by atoms with Crippen LogP contribution in [0.15, 0.2) is 35.8 Å². The Hall–Kier alpha value is -1.88. The predicted octanol–water partition coefficient (Wildman–Crippen LogP) is 2.88. The topological polar surface area (TPSA) is 62.2 Å². The number of anilines is 1. The number of nitrogens with zero attached hydrogens (tertiary/aromatic N) is 1. The van der Waals surface area contributed by atoms with E-state index in [1.165, 1.54) is 17.1 Å². The average Bonchev–Trinajstić information content (AvgIpc) is 2.82. The Balaban J connectivity index is 2.00. The number of aromatic carboxylic acids is 1. The second-order valence-corrected chi connectivity index (χ2v) is 5.10. The SMILES string of the molecule is CC(Cc1cccs1)Nc1cc(C(=O)O)ccn1. The minimum absolute atomic E-state index is 0.209. The van der Waals surface area contributed by atoms with Gasteiger partial charge in [0, 0.05) is 23.5 Å². The van der Waals surface area contributed by atoms with Gasteiger partial charge in [-0.15, -0.1) is 11.3 Å². The lowest BCUT2D eigenvalue weighted by Gasteiger charge is -2.13. The van der Waals surface area contributed by atoms with Crippen molar-refractivity contribution in [3.63, 3.8) is 0 Å². The van der Waals surface area contributed by atoms with E-state index in [-0.39, 0.29) is 11.6 Å². The fourth-order valence-corrected chi connectivity index (χ4v) is 2.51. The number of nitrogens with one attached hydrogen (secondary N) is 1. The van der Waals surface area contributed by atoms with Crippen LogP contribution in [0.1, 0.15) is 22.2 Å². The quantitative estimate of drug-likeness (QED) is 0.869. The molecule has 0 spiro atoms. The summed E-state index contributed by atoms with van der Waals surface area (Å²) in [7, 11) is 0. The summed E-state index contributed by atoms with van der Waals surface area (Å²) in [6.45, 7) is 2.05. The van der Waals surface area contributed by atoms with Crippen molar-refractivity contribution >= 4 is 23.1 Å². The molecule has 1 atom stereocenters. The molecule has 2 heterocycles. The summed E-state index contributed by atoms with van der Waals surface area (Å²) in [5, 5.41) is 14.2. The first kappa shape index (κ1) is 12.6. The van der Waals surface area contributed by atoms with Gasteiger partial charge in [-0.25, -0.2) is 9.78 Å². The Bertz CT molecular complexity index is 526. The van der Waals surface area contributed by atoms with Crippen LogP contribution in [-0.4, -0.2) is 22.1 Å². The number of carboxylic acid groups (broad SMARTS) is 1. The summed E-state index contributed by atoms with van der Waals surface area (Å²) >= 11 is 1.72. The van der Waals surface area contributed by atoms with Gasteiger partial charge in [-0.1, -0.05) is 6.07 Å². The van der Waals surface area contributed by atoms with Gasteiger partial charge in [0.15, 0.2) is 0 Å². The van der Waals surface area contributed by atoms with Crippen molar-refractivity contribution in [2.24, 2.45) is 0 Å². The highest BCUT2D eigenvalue weighted by Crippen LogP contribution is 2.14. The molecular weight excluding hydrogens is 248 g/mol. The Morgan fingerprint density at radius 3 is 3.06 bits per heavy atom. The lowest BCUT2D eigenvalue weighted by molar-refractivity contribution is 0.0697. The van der Waals surface area contributed by atoms with Crippen LogP contribution in [0.2, 0.25) is 0 Å². The van der Waals surface area contributed by atoms with Crippen LogP contribution in [0.4, 0.5) is 5.82 Å². The highest BCUT2D eigenvalue weighted by molar-refractivity contribution is 7.09. The number of rotatable bonds is 5. The first-order valence-electron chi connectivity index (χ1n) is 5.63. The number of aromatic nitrogens is 1. The van der Waals surface area contributed by atoms with E-state index in [0.717, 1.165) is 6.42 Å². The Kier molecular flexibility index (Phi) is 3.94. The van der Waals surface area contributed by atoms with Crippen molar-refractivity contribution in [2.75, 3.05) is 5.32 Å². The number of pyridine rings is 1. The first-order chi connectivity index (χ1) is 8.65. The maximum atomic E-state index is 10.8. The Labute approximate surface area is 109 Å².